The molecule has 1 heterocycles. The van der Waals surface area contributed by atoms with E-state index in [2.05, 4.69) is 0 Å². The summed E-state index contributed by atoms with van der Waals surface area (Å²) >= 11 is 0. The molecule has 1 saturated heterocycles. The Kier molecular flexibility index (Phi) is 4.20. The van der Waals surface area contributed by atoms with Gasteiger partial charge in [0.2, 0.25) is 5.91 Å². The summed E-state index contributed by atoms with van der Waals surface area (Å²) < 4.78 is 40.7. The first kappa shape index (κ1) is 14.7. The van der Waals surface area contributed by atoms with Gasteiger partial charge in [-0.2, -0.15) is 13.2 Å². The summed E-state index contributed by atoms with van der Waals surface area (Å²) in [4.78, 5) is 22.9. The number of aliphatic carboxylic acids is 1. The van der Waals surface area contributed by atoms with Gasteiger partial charge in [0.1, 0.15) is 12.2 Å². The third kappa shape index (κ3) is 4.52. The first-order chi connectivity index (χ1) is 8.11. The molecule has 0 aromatic heterocycles. The first-order valence-electron chi connectivity index (χ1n) is 5.32. The highest BCUT2D eigenvalue weighted by Crippen LogP contribution is 2.27. The number of likely N-dealkylation sites (tertiary alicyclic amines) is 1. The number of carbonyl (C=O) groups excluding carboxylic acids is 1. The van der Waals surface area contributed by atoms with Crippen molar-refractivity contribution < 1.29 is 32.6 Å². The topological polar surface area (TPSA) is 66.8 Å². The van der Waals surface area contributed by atoms with Crippen molar-refractivity contribution in [2.75, 3.05) is 19.7 Å². The Hall–Kier alpha value is -1.31. The van der Waals surface area contributed by atoms with Crippen molar-refractivity contribution in [3.8, 4) is 0 Å². The molecule has 0 aromatic carbocycles. The van der Waals surface area contributed by atoms with Gasteiger partial charge in [-0.15, -0.1) is 0 Å². The minimum absolute atomic E-state index is 0.122. The summed E-state index contributed by atoms with van der Waals surface area (Å²) in [5.41, 5.74) is -0.772. The molecule has 0 radical (unpaired) electrons. The fraction of sp³-hybridized carbons (Fsp3) is 0.800. The van der Waals surface area contributed by atoms with Crippen molar-refractivity contribution in [1.29, 1.82) is 0 Å². The maximum atomic E-state index is 11.9. The van der Waals surface area contributed by atoms with E-state index in [9.17, 15) is 22.8 Å². The molecule has 8 heteroatoms. The molecule has 18 heavy (non-hydrogen) atoms. The monoisotopic (exact) mass is 269 g/mol. The standard InChI is InChI=1S/C10H14F3NO4/c1-9(18-4-8(16)17)5-14(6-9)7(15)2-3-10(11,12)13/h2-6H2,1H3,(H,16,17). The van der Waals surface area contributed by atoms with E-state index in [4.69, 9.17) is 9.84 Å². The van der Waals surface area contributed by atoms with E-state index in [1.807, 2.05) is 0 Å². The lowest BCUT2D eigenvalue weighted by Gasteiger charge is -2.47. The van der Waals surface area contributed by atoms with Crippen LogP contribution in [0.5, 0.6) is 0 Å². The Morgan fingerprint density at radius 3 is 2.39 bits per heavy atom. The highest BCUT2D eigenvalue weighted by atomic mass is 19.4. The van der Waals surface area contributed by atoms with Crippen molar-refractivity contribution >= 4 is 11.9 Å². The van der Waals surface area contributed by atoms with Crippen LogP contribution in [-0.4, -0.2) is 53.4 Å². The molecule has 0 bridgehead atoms. The van der Waals surface area contributed by atoms with Crippen LogP contribution < -0.4 is 0 Å². The molecule has 1 fully saturated rings. The van der Waals surface area contributed by atoms with Crippen LogP contribution in [0, 0.1) is 0 Å². The molecule has 1 aliphatic heterocycles. The zero-order valence-corrected chi connectivity index (χ0v) is 9.79. The Labute approximate surface area is 102 Å². The highest BCUT2D eigenvalue weighted by molar-refractivity contribution is 5.77. The molecule has 0 unspecified atom stereocenters. The van der Waals surface area contributed by atoms with Gasteiger partial charge in [-0.3, -0.25) is 4.79 Å². The van der Waals surface area contributed by atoms with Gasteiger partial charge in [-0.05, 0) is 6.92 Å². The lowest BCUT2D eigenvalue weighted by Crippen LogP contribution is -2.63. The second-order valence-corrected chi connectivity index (χ2v) is 4.50. The van der Waals surface area contributed by atoms with Gasteiger partial charge in [-0.1, -0.05) is 0 Å². The number of nitrogens with zero attached hydrogens (tertiary/aromatic N) is 1. The fourth-order valence-electron chi connectivity index (χ4n) is 1.67. The molecule has 104 valence electrons. The van der Waals surface area contributed by atoms with Crippen molar-refractivity contribution in [2.24, 2.45) is 0 Å². The van der Waals surface area contributed by atoms with E-state index in [0.717, 1.165) is 0 Å². The fourth-order valence-corrected chi connectivity index (χ4v) is 1.67. The first-order valence-corrected chi connectivity index (χ1v) is 5.32. The quantitative estimate of drug-likeness (QED) is 0.809. The van der Waals surface area contributed by atoms with Crippen molar-refractivity contribution in [2.45, 2.75) is 31.5 Å². The lowest BCUT2D eigenvalue weighted by atomic mass is 9.95. The Morgan fingerprint density at radius 2 is 1.94 bits per heavy atom. The molecule has 1 amide bonds. The molecule has 0 spiro atoms. The molecule has 1 rings (SSSR count). The van der Waals surface area contributed by atoms with Crippen LogP contribution in [0.4, 0.5) is 13.2 Å². The summed E-state index contributed by atoms with van der Waals surface area (Å²) in [6.07, 6.45) is -6.07. The maximum absolute atomic E-state index is 11.9. The lowest BCUT2D eigenvalue weighted by molar-refractivity contribution is -0.177. The number of carboxylic acid groups (broad SMARTS) is 1. The predicted molar refractivity (Wildman–Crippen MR) is 53.9 cm³/mol. The van der Waals surface area contributed by atoms with Gasteiger partial charge >= 0.3 is 12.1 Å². The van der Waals surface area contributed by atoms with Gasteiger partial charge in [0.15, 0.2) is 0 Å². The summed E-state index contributed by atoms with van der Waals surface area (Å²) in [6, 6.07) is 0. The second kappa shape index (κ2) is 5.13. The number of hydrogen-bond acceptors (Lipinski definition) is 3. The average Bonchev–Trinajstić information content (AvgIpc) is 2.18. The Balaban J connectivity index is 2.28. The van der Waals surface area contributed by atoms with Crippen LogP contribution in [-0.2, 0) is 14.3 Å². The van der Waals surface area contributed by atoms with Gasteiger partial charge in [-0.25, -0.2) is 4.79 Å². The average molecular weight is 269 g/mol. The molecule has 1 N–H and O–H groups in total. The van der Waals surface area contributed by atoms with E-state index in [-0.39, 0.29) is 13.1 Å². The van der Waals surface area contributed by atoms with Crippen LogP contribution in [0.15, 0.2) is 0 Å². The molecule has 0 atom stereocenters. The van der Waals surface area contributed by atoms with E-state index in [1.54, 1.807) is 6.92 Å². The van der Waals surface area contributed by atoms with E-state index in [0.29, 0.717) is 0 Å². The van der Waals surface area contributed by atoms with Crippen molar-refractivity contribution in [3.05, 3.63) is 0 Å². The molecular weight excluding hydrogens is 255 g/mol. The summed E-state index contributed by atoms with van der Waals surface area (Å²) in [5, 5.41) is 8.41. The smallest absolute Gasteiger partial charge is 0.389 e. The van der Waals surface area contributed by atoms with Gasteiger partial charge in [0.05, 0.1) is 19.5 Å². The summed E-state index contributed by atoms with van der Waals surface area (Å²) in [6.45, 7) is 1.37. The minimum atomic E-state index is -4.34. The number of carbonyl (C=O) groups is 2. The van der Waals surface area contributed by atoms with E-state index < -0.39 is 43.1 Å². The molecule has 0 aromatic rings. The number of alkyl halides is 3. The third-order valence-corrected chi connectivity index (χ3v) is 2.57. The van der Waals surface area contributed by atoms with Gasteiger partial charge < -0.3 is 14.7 Å². The second-order valence-electron chi connectivity index (χ2n) is 4.50. The Bertz CT molecular complexity index is 337. The summed E-state index contributed by atoms with van der Waals surface area (Å²) in [5.74, 6) is -1.72. The molecule has 1 aliphatic rings. The van der Waals surface area contributed by atoms with Crippen LogP contribution in [0.25, 0.3) is 0 Å². The largest absolute Gasteiger partial charge is 0.480 e. The highest BCUT2D eigenvalue weighted by Gasteiger charge is 2.43. The number of hydrogen-bond donors (Lipinski definition) is 1. The van der Waals surface area contributed by atoms with Gasteiger partial charge in [0, 0.05) is 6.42 Å². The minimum Gasteiger partial charge on any atom is -0.480 e. The number of rotatable bonds is 5. The number of carboxylic acids is 1. The maximum Gasteiger partial charge on any atom is 0.389 e. The number of ether oxygens (including phenoxy) is 1. The number of halogens is 3. The third-order valence-electron chi connectivity index (χ3n) is 2.57. The zero-order chi connectivity index (χ0) is 14.0. The van der Waals surface area contributed by atoms with Gasteiger partial charge in [0.25, 0.3) is 0 Å². The van der Waals surface area contributed by atoms with Crippen molar-refractivity contribution in [3.63, 3.8) is 0 Å². The van der Waals surface area contributed by atoms with E-state index in [1.165, 1.54) is 4.90 Å². The summed E-state index contributed by atoms with van der Waals surface area (Å²) in [7, 11) is 0. The molecule has 0 aliphatic carbocycles. The van der Waals surface area contributed by atoms with Crippen LogP contribution >= 0.6 is 0 Å². The SMILES string of the molecule is CC1(OCC(=O)O)CN(C(=O)CCC(F)(F)F)C1. The zero-order valence-electron chi connectivity index (χ0n) is 9.79. The normalized spacial score (nSPS) is 18.3. The van der Waals surface area contributed by atoms with E-state index >= 15 is 0 Å². The predicted octanol–water partition coefficient (Wildman–Crippen LogP) is 1.03. The van der Waals surface area contributed by atoms with Crippen LogP contribution in [0.1, 0.15) is 19.8 Å². The Morgan fingerprint density at radius 1 is 1.39 bits per heavy atom. The molecular formula is C10H14F3NO4. The molecule has 5 nitrogen and oxygen atoms in total. The molecule has 0 saturated carbocycles. The van der Waals surface area contributed by atoms with Crippen LogP contribution in [0.3, 0.4) is 0 Å². The number of amides is 1. The van der Waals surface area contributed by atoms with Crippen LogP contribution in [0.2, 0.25) is 0 Å². The van der Waals surface area contributed by atoms with Crippen molar-refractivity contribution in [1.82, 2.24) is 4.90 Å².